The first-order chi connectivity index (χ1) is 9.58. The topological polar surface area (TPSA) is 55.1 Å². The fourth-order valence-electron chi connectivity index (χ4n) is 1.79. The lowest BCUT2D eigenvalue weighted by molar-refractivity contribution is -0.117. The lowest BCUT2D eigenvalue weighted by atomic mass is 10.1. The predicted molar refractivity (Wildman–Crippen MR) is 83.2 cm³/mol. The third-order valence-corrected chi connectivity index (χ3v) is 3.66. The van der Waals surface area contributed by atoms with Crippen LogP contribution in [-0.4, -0.2) is 11.9 Å². The van der Waals surface area contributed by atoms with Crippen LogP contribution in [0.3, 0.4) is 0 Å². The summed E-state index contributed by atoms with van der Waals surface area (Å²) in [6, 6.07) is 14.0. The number of carbonyl (C=O) groups excluding carboxylic acids is 1. The first kappa shape index (κ1) is 14.9. The summed E-state index contributed by atoms with van der Waals surface area (Å²) in [5.74, 6) is -0.294. The monoisotopic (exact) mass is 308 g/mol. The maximum atomic E-state index is 12.0. The highest BCUT2D eigenvalue weighted by atomic mass is 35.5. The number of carbonyl (C=O) groups is 1. The van der Waals surface area contributed by atoms with E-state index in [1.807, 2.05) is 30.3 Å². The number of nitrogens with two attached hydrogens (primary N) is 1. The standard InChI is InChI=1S/C15H14Cl2N2O/c16-11-7-4-8-13(14(11)17)19-15(20)12(18)9-10-5-2-1-3-6-10/h1-8,12H,9,18H2,(H,19,20)/t12-/m1/s1. The van der Waals surface area contributed by atoms with E-state index in [1.54, 1.807) is 18.2 Å². The minimum atomic E-state index is -0.646. The molecule has 0 aliphatic rings. The van der Waals surface area contributed by atoms with Gasteiger partial charge in [0.25, 0.3) is 0 Å². The lowest BCUT2D eigenvalue weighted by Crippen LogP contribution is -2.37. The Morgan fingerprint density at radius 1 is 1.10 bits per heavy atom. The van der Waals surface area contributed by atoms with Crippen LogP contribution in [0.4, 0.5) is 5.69 Å². The van der Waals surface area contributed by atoms with Gasteiger partial charge in [-0.3, -0.25) is 4.79 Å². The van der Waals surface area contributed by atoms with Crippen molar-refractivity contribution in [2.75, 3.05) is 5.32 Å². The van der Waals surface area contributed by atoms with E-state index in [0.717, 1.165) is 5.56 Å². The summed E-state index contributed by atoms with van der Waals surface area (Å²) in [6.07, 6.45) is 0.463. The molecule has 2 rings (SSSR count). The van der Waals surface area contributed by atoms with Crippen molar-refractivity contribution in [1.29, 1.82) is 0 Å². The number of anilines is 1. The van der Waals surface area contributed by atoms with Crippen molar-refractivity contribution in [2.45, 2.75) is 12.5 Å². The van der Waals surface area contributed by atoms with Crippen LogP contribution in [0.15, 0.2) is 48.5 Å². The molecule has 0 saturated heterocycles. The molecule has 1 atom stereocenters. The van der Waals surface area contributed by atoms with Crippen LogP contribution in [0.25, 0.3) is 0 Å². The summed E-state index contributed by atoms with van der Waals surface area (Å²) < 4.78 is 0. The van der Waals surface area contributed by atoms with Gasteiger partial charge in [-0.15, -0.1) is 0 Å². The first-order valence-corrected chi connectivity index (χ1v) is 6.88. The molecular weight excluding hydrogens is 295 g/mol. The quantitative estimate of drug-likeness (QED) is 0.908. The second-order valence-corrected chi connectivity index (χ2v) is 5.17. The molecule has 0 aliphatic carbocycles. The third-order valence-electron chi connectivity index (χ3n) is 2.84. The summed E-state index contributed by atoms with van der Waals surface area (Å²) in [7, 11) is 0. The fraction of sp³-hybridized carbons (Fsp3) is 0.133. The summed E-state index contributed by atoms with van der Waals surface area (Å²) in [5, 5.41) is 3.39. The Balaban J connectivity index is 2.03. The van der Waals surface area contributed by atoms with Crippen molar-refractivity contribution >= 4 is 34.8 Å². The van der Waals surface area contributed by atoms with E-state index in [0.29, 0.717) is 22.2 Å². The molecule has 3 nitrogen and oxygen atoms in total. The zero-order valence-corrected chi connectivity index (χ0v) is 12.2. The zero-order valence-electron chi connectivity index (χ0n) is 10.6. The van der Waals surface area contributed by atoms with Crippen LogP contribution >= 0.6 is 23.2 Å². The second-order valence-electron chi connectivity index (χ2n) is 4.39. The maximum Gasteiger partial charge on any atom is 0.241 e. The van der Waals surface area contributed by atoms with Crippen molar-refractivity contribution in [2.24, 2.45) is 5.73 Å². The normalized spacial score (nSPS) is 11.9. The van der Waals surface area contributed by atoms with Crippen LogP contribution in [0.5, 0.6) is 0 Å². The van der Waals surface area contributed by atoms with Gasteiger partial charge in [0.1, 0.15) is 0 Å². The van der Waals surface area contributed by atoms with E-state index >= 15 is 0 Å². The molecule has 0 aromatic heterocycles. The van der Waals surface area contributed by atoms with Crippen LogP contribution in [0, 0.1) is 0 Å². The molecule has 104 valence electrons. The number of benzene rings is 2. The van der Waals surface area contributed by atoms with Gasteiger partial charge in [-0.25, -0.2) is 0 Å². The molecule has 0 fully saturated rings. The van der Waals surface area contributed by atoms with E-state index in [9.17, 15) is 4.79 Å². The summed E-state index contributed by atoms with van der Waals surface area (Å²) in [4.78, 5) is 12.0. The van der Waals surface area contributed by atoms with Gasteiger partial charge in [-0.05, 0) is 24.1 Å². The van der Waals surface area contributed by atoms with E-state index < -0.39 is 6.04 Å². The average molecular weight is 309 g/mol. The highest BCUT2D eigenvalue weighted by Gasteiger charge is 2.16. The highest BCUT2D eigenvalue weighted by molar-refractivity contribution is 6.44. The van der Waals surface area contributed by atoms with Crippen LogP contribution in [0.1, 0.15) is 5.56 Å². The number of amides is 1. The van der Waals surface area contributed by atoms with Gasteiger partial charge in [0.15, 0.2) is 0 Å². The van der Waals surface area contributed by atoms with Gasteiger partial charge in [0.05, 0.1) is 21.8 Å². The zero-order chi connectivity index (χ0) is 14.5. The molecule has 0 bridgehead atoms. The van der Waals surface area contributed by atoms with E-state index in [1.165, 1.54) is 0 Å². The van der Waals surface area contributed by atoms with E-state index in [-0.39, 0.29) is 5.91 Å². The Bertz CT molecular complexity index is 602. The molecule has 0 unspecified atom stereocenters. The molecule has 0 saturated carbocycles. The Morgan fingerprint density at radius 2 is 1.80 bits per heavy atom. The van der Waals surface area contributed by atoms with Crippen molar-refractivity contribution in [3.8, 4) is 0 Å². The minimum absolute atomic E-state index is 0.294. The van der Waals surface area contributed by atoms with Crippen LogP contribution in [0.2, 0.25) is 10.0 Å². The van der Waals surface area contributed by atoms with Gasteiger partial charge in [0, 0.05) is 0 Å². The van der Waals surface area contributed by atoms with Gasteiger partial charge < -0.3 is 11.1 Å². The van der Waals surface area contributed by atoms with Gasteiger partial charge in [0.2, 0.25) is 5.91 Å². The Labute approximate surface area is 127 Å². The molecule has 1 amide bonds. The minimum Gasteiger partial charge on any atom is -0.323 e. The highest BCUT2D eigenvalue weighted by Crippen LogP contribution is 2.29. The summed E-state index contributed by atoms with van der Waals surface area (Å²) in [6.45, 7) is 0. The smallest absolute Gasteiger partial charge is 0.241 e. The number of halogens is 2. The van der Waals surface area contributed by atoms with Gasteiger partial charge >= 0.3 is 0 Å². The van der Waals surface area contributed by atoms with E-state index in [2.05, 4.69) is 5.32 Å². The number of hydrogen-bond acceptors (Lipinski definition) is 2. The molecule has 0 radical (unpaired) electrons. The van der Waals surface area contributed by atoms with Crippen molar-refractivity contribution in [3.63, 3.8) is 0 Å². The Morgan fingerprint density at radius 3 is 2.50 bits per heavy atom. The number of nitrogens with one attached hydrogen (secondary N) is 1. The summed E-state index contributed by atoms with van der Waals surface area (Å²) >= 11 is 11.9. The SMILES string of the molecule is N[C@H](Cc1ccccc1)C(=O)Nc1cccc(Cl)c1Cl. The van der Waals surface area contributed by atoms with Gasteiger partial charge in [-0.2, -0.15) is 0 Å². The molecule has 0 heterocycles. The van der Waals surface area contributed by atoms with Crippen LogP contribution < -0.4 is 11.1 Å². The molecular formula is C15H14Cl2N2O. The molecule has 0 spiro atoms. The summed E-state index contributed by atoms with van der Waals surface area (Å²) in [5.41, 5.74) is 7.37. The molecule has 3 N–H and O–H groups in total. The maximum absolute atomic E-state index is 12.0. The molecule has 2 aromatic rings. The number of rotatable bonds is 4. The lowest BCUT2D eigenvalue weighted by Gasteiger charge is -2.13. The Kier molecular flexibility index (Phi) is 5.01. The first-order valence-electron chi connectivity index (χ1n) is 6.12. The largest absolute Gasteiger partial charge is 0.323 e. The third kappa shape index (κ3) is 3.73. The van der Waals surface area contributed by atoms with Crippen molar-refractivity contribution in [3.05, 3.63) is 64.1 Å². The Hall–Kier alpha value is -1.55. The average Bonchev–Trinajstić information content (AvgIpc) is 2.45. The van der Waals surface area contributed by atoms with Gasteiger partial charge in [-0.1, -0.05) is 59.6 Å². The molecule has 0 aliphatic heterocycles. The fourth-order valence-corrected chi connectivity index (χ4v) is 2.13. The molecule has 2 aromatic carbocycles. The number of hydrogen-bond donors (Lipinski definition) is 2. The van der Waals surface area contributed by atoms with Crippen molar-refractivity contribution < 1.29 is 4.79 Å². The predicted octanol–water partition coefficient (Wildman–Crippen LogP) is 3.50. The van der Waals surface area contributed by atoms with Crippen molar-refractivity contribution in [1.82, 2.24) is 0 Å². The van der Waals surface area contributed by atoms with Crippen LogP contribution in [-0.2, 0) is 11.2 Å². The molecule has 5 heteroatoms. The van der Waals surface area contributed by atoms with E-state index in [4.69, 9.17) is 28.9 Å². The molecule has 20 heavy (non-hydrogen) atoms. The second kappa shape index (κ2) is 6.75.